The Morgan fingerprint density at radius 2 is 1.81 bits per heavy atom. The van der Waals surface area contributed by atoms with Gasteiger partial charge in [-0.05, 0) is 60.9 Å². The summed E-state index contributed by atoms with van der Waals surface area (Å²) in [4.78, 5) is 10.3. The highest BCUT2D eigenvalue weighted by Crippen LogP contribution is 2.04. The molecule has 0 aliphatic rings. The first kappa shape index (κ1) is 18.1. The van der Waals surface area contributed by atoms with Crippen LogP contribution in [0, 0.1) is 47.9 Å². The summed E-state index contributed by atoms with van der Waals surface area (Å²) in [6, 6.07) is 0. The van der Waals surface area contributed by atoms with Crippen LogP contribution in [0.15, 0.2) is 24.3 Å². The second kappa shape index (κ2) is 13.6. The van der Waals surface area contributed by atoms with E-state index in [1.807, 2.05) is 0 Å². The molecule has 1 atom stereocenters. The summed E-state index contributed by atoms with van der Waals surface area (Å²) in [5, 5.41) is 18.0. The number of carboxylic acids is 1. The first-order valence-electron chi connectivity index (χ1n) is 6.36. The molecule has 0 aromatic heterocycles. The molecule has 0 bridgehead atoms. The van der Waals surface area contributed by atoms with E-state index >= 15 is 0 Å². The SMILES string of the molecule is C#CC#CC#CC#C/C=C/C=C/[C@@H](O)CCCCC(=O)O. The molecule has 106 valence electrons. The van der Waals surface area contributed by atoms with Crippen LogP contribution >= 0.6 is 0 Å². The van der Waals surface area contributed by atoms with E-state index in [2.05, 4.69) is 41.4 Å². The van der Waals surface area contributed by atoms with Gasteiger partial charge in [0.25, 0.3) is 0 Å². The van der Waals surface area contributed by atoms with Crippen molar-refractivity contribution in [3.63, 3.8) is 0 Å². The molecule has 0 saturated carbocycles. The van der Waals surface area contributed by atoms with E-state index in [9.17, 15) is 9.90 Å². The zero-order valence-electron chi connectivity index (χ0n) is 11.6. The Labute approximate surface area is 125 Å². The van der Waals surface area contributed by atoms with E-state index in [1.54, 1.807) is 24.3 Å². The molecule has 0 fully saturated rings. The fourth-order valence-corrected chi connectivity index (χ4v) is 1.23. The zero-order valence-corrected chi connectivity index (χ0v) is 11.6. The number of hydrogen-bond acceptors (Lipinski definition) is 2. The molecule has 0 radical (unpaired) electrons. The third-order valence-corrected chi connectivity index (χ3v) is 2.16. The van der Waals surface area contributed by atoms with E-state index in [1.165, 1.54) is 0 Å². The predicted octanol–water partition coefficient (Wildman–Crippen LogP) is 1.75. The van der Waals surface area contributed by atoms with Crippen LogP contribution in [0.2, 0.25) is 0 Å². The van der Waals surface area contributed by atoms with Crippen molar-refractivity contribution in [1.82, 2.24) is 0 Å². The van der Waals surface area contributed by atoms with Gasteiger partial charge in [0.2, 0.25) is 0 Å². The Morgan fingerprint density at radius 3 is 2.52 bits per heavy atom. The molecule has 0 heterocycles. The molecular weight excluding hydrogens is 264 g/mol. The maximum absolute atomic E-state index is 10.3. The molecule has 0 unspecified atom stereocenters. The van der Waals surface area contributed by atoms with Gasteiger partial charge in [-0.2, -0.15) is 0 Å². The van der Waals surface area contributed by atoms with Crippen molar-refractivity contribution in [3.8, 4) is 47.9 Å². The number of aliphatic carboxylic acids is 1. The molecule has 0 rings (SSSR count). The van der Waals surface area contributed by atoms with Gasteiger partial charge in [0, 0.05) is 6.42 Å². The summed E-state index contributed by atoms with van der Waals surface area (Å²) in [6.07, 6.45) is 12.9. The lowest BCUT2D eigenvalue weighted by Gasteiger charge is -2.03. The van der Waals surface area contributed by atoms with Crippen LogP contribution in [0.25, 0.3) is 0 Å². The fourth-order valence-electron chi connectivity index (χ4n) is 1.23. The van der Waals surface area contributed by atoms with Gasteiger partial charge in [0.15, 0.2) is 0 Å². The normalized spacial score (nSPS) is 10.5. The average Bonchev–Trinajstić information content (AvgIpc) is 2.45. The number of hydrogen-bond donors (Lipinski definition) is 2. The average molecular weight is 280 g/mol. The Bertz CT molecular complexity index is 599. The number of terminal acetylenes is 1. The summed E-state index contributed by atoms with van der Waals surface area (Å²) in [5.74, 6) is 16.3. The molecule has 0 aliphatic heterocycles. The quantitative estimate of drug-likeness (QED) is 0.424. The molecule has 3 heteroatoms. The molecule has 0 amide bonds. The van der Waals surface area contributed by atoms with Crippen molar-refractivity contribution in [2.75, 3.05) is 0 Å². The molecule has 0 aromatic rings. The second-order valence-electron chi connectivity index (χ2n) is 3.86. The molecule has 0 spiro atoms. The molecule has 0 aromatic carbocycles. The van der Waals surface area contributed by atoms with Gasteiger partial charge >= 0.3 is 5.97 Å². The summed E-state index contributed by atoms with van der Waals surface area (Å²) in [6.45, 7) is 0. The van der Waals surface area contributed by atoms with Gasteiger partial charge in [0.05, 0.1) is 6.10 Å². The van der Waals surface area contributed by atoms with Crippen LogP contribution in [0.4, 0.5) is 0 Å². The fraction of sp³-hybridized carbons (Fsp3) is 0.278. The zero-order chi connectivity index (χ0) is 15.8. The number of carboxylic acid groups (broad SMARTS) is 1. The molecule has 21 heavy (non-hydrogen) atoms. The van der Waals surface area contributed by atoms with Gasteiger partial charge < -0.3 is 10.2 Å². The number of aliphatic hydroxyl groups is 1. The van der Waals surface area contributed by atoms with Crippen molar-refractivity contribution in [2.45, 2.75) is 31.8 Å². The number of allylic oxidation sites excluding steroid dienone is 3. The van der Waals surface area contributed by atoms with Crippen LogP contribution in [0.1, 0.15) is 25.7 Å². The van der Waals surface area contributed by atoms with Gasteiger partial charge in [0.1, 0.15) is 0 Å². The van der Waals surface area contributed by atoms with Gasteiger partial charge in [-0.15, -0.1) is 6.42 Å². The lowest BCUT2D eigenvalue weighted by atomic mass is 10.1. The highest BCUT2D eigenvalue weighted by atomic mass is 16.4. The van der Waals surface area contributed by atoms with E-state index < -0.39 is 12.1 Å². The minimum absolute atomic E-state index is 0.138. The van der Waals surface area contributed by atoms with Crippen molar-refractivity contribution in [3.05, 3.63) is 24.3 Å². The highest BCUT2D eigenvalue weighted by molar-refractivity contribution is 5.66. The largest absolute Gasteiger partial charge is 0.481 e. The summed E-state index contributed by atoms with van der Waals surface area (Å²) in [7, 11) is 0. The first-order chi connectivity index (χ1) is 10.2. The first-order valence-corrected chi connectivity index (χ1v) is 6.36. The van der Waals surface area contributed by atoms with Crippen molar-refractivity contribution in [1.29, 1.82) is 0 Å². The minimum atomic E-state index is -0.810. The highest BCUT2D eigenvalue weighted by Gasteiger charge is 2.00. The van der Waals surface area contributed by atoms with E-state index in [4.69, 9.17) is 11.5 Å². The van der Waals surface area contributed by atoms with Crippen molar-refractivity contribution < 1.29 is 15.0 Å². The van der Waals surface area contributed by atoms with Crippen LogP contribution in [0.5, 0.6) is 0 Å². The lowest BCUT2D eigenvalue weighted by Crippen LogP contribution is -2.02. The number of unbranched alkanes of at least 4 members (excludes halogenated alkanes) is 1. The maximum atomic E-state index is 10.3. The molecule has 3 nitrogen and oxygen atoms in total. The summed E-state index contributed by atoms with van der Waals surface area (Å²) >= 11 is 0. The van der Waals surface area contributed by atoms with E-state index in [0.29, 0.717) is 19.3 Å². The Hall–Kier alpha value is -2.85. The predicted molar refractivity (Wildman–Crippen MR) is 82.6 cm³/mol. The Balaban J connectivity index is 3.90. The van der Waals surface area contributed by atoms with Crippen molar-refractivity contribution in [2.24, 2.45) is 0 Å². The van der Waals surface area contributed by atoms with Crippen molar-refractivity contribution >= 4 is 5.97 Å². The molecule has 0 aliphatic carbocycles. The topological polar surface area (TPSA) is 57.5 Å². The molecular formula is C18H16O3. The smallest absolute Gasteiger partial charge is 0.303 e. The molecule has 2 N–H and O–H groups in total. The molecule has 0 saturated heterocycles. The standard InChI is InChI=1S/C18H16O3/c1-2-3-4-5-6-7-8-9-10-11-14-17(19)15-12-13-16-18(20)21/h1,9-11,14,17,19H,12-13,15-16H2,(H,20,21)/b10-9+,14-11+/t17-/m1/s1. The second-order valence-corrected chi connectivity index (χ2v) is 3.86. The maximum Gasteiger partial charge on any atom is 0.303 e. The third kappa shape index (κ3) is 15.1. The van der Waals surface area contributed by atoms with Gasteiger partial charge in [-0.1, -0.05) is 24.1 Å². The third-order valence-electron chi connectivity index (χ3n) is 2.16. The number of rotatable bonds is 7. The van der Waals surface area contributed by atoms with Crippen LogP contribution in [0.3, 0.4) is 0 Å². The lowest BCUT2D eigenvalue weighted by molar-refractivity contribution is -0.137. The number of carbonyl (C=O) groups is 1. The van der Waals surface area contributed by atoms with Crippen LogP contribution < -0.4 is 0 Å². The van der Waals surface area contributed by atoms with Crippen LogP contribution in [-0.2, 0) is 4.79 Å². The van der Waals surface area contributed by atoms with Crippen LogP contribution in [-0.4, -0.2) is 22.3 Å². The van der Waals surface area contributed by atoms with Gasteiger partial charge in [-0.3, -0.25) is 4.79 Å². The summed E-state index contributed by atoms with van der Waals surface area (Å²) < 4.78 is 0. The summed E-state index contributed by atoms with van der Waals surface area (Å²) in [5.41, 5.74) is 0. The number of aliphatic hydroxyl groups excluding tert-OH is 1. The monoisotopic (exact) mass is 280 g/mol. The van der Waals surface area contributed by atoms with E-state index in [-0.39, 0.29) is 6.42 Å². The van der Waals surface area contributed by atoms with Gasteiger partial charge in [-0.25, -0.2) is 0 Å². The Kier molecular flexibility index (Phi) is 11.7. The Morgan fingerprint density at radius 1 is 1.10 bits per heavy atom. The minimum Gasteiger partial charge on any atom is -0.481 e. The van der Waals surface area contributed by atoms with E-state index in [0.717, 1.165) is 0 Å².